The fourth-order valence-corrected chi connectivity index (χ4v) is 3.79. The second-order valence-corrected chi connectivity index (χ2v) is 7.43. The Labute approximate surface area is 190 Å². The zero-order valence-corrected chi connectivity index (χ0v) is 17.6. The maximum absolute atomic E-state index is 12.2. The summed E-state index contributed by atoms with van der Waals surface area (Å²) in [4.78, 5) is 34.8. The number of rotatable bonds is 8. The van der Waals surface area contributed by atoms with E-state index >= 15 is 0 Å². The average molecular weight is 446 g/mol. The van der Waals surface area contributed by atoms with Gasteiger partial charge in [-0.05, 0) is 46.5 Å². The van der Waals surface area contributed by atoms with E-state index in [-0.39, 0.29) is 19.1 Å². The molecular formula is C25H22N2O6. The second-order valence-electron chi connectivity index (χ2n) is 7.43. The Morgan fingerprint density at radius 1 is 0.848 bits per heavy atom. The van der Waals surface area contributed by atoms with Crippen molar-refractivity contribution in [2.75, 3.05) is 25.1 Å². The van der Waals surface area contributed by atoms with Crippen molar-refractivity contribution in [3.8, 4) is 16.9 Å². The maximum atomic E-state index is 12.2. The molecule has 1 aliphatic rings. The third-order valence-electron chi connectivity index (χ3n) is 5.24. The van der Waals surface area contributed by atoms with Crippen molar-refractivity contribution < 1.29 is 29.0 Å². The SMILES string of the molecule is O=C(O)COc1ccc(NC(=O)CNC(=O)OCC2c3ccccc3-c3ccccc32)cc1. The average Bonchev–Trinajstić information content (AvgIpc) is 3.15. The van der Waals surface area contributed by atoms with E-state index in [1.807, 2.05) is 36.4 Å². The molecule has 0 aromatic heterocycles. The lowest BCUT2D eigenvalue weighted by Crippen LogP contribution is -2.33. The molecule has 0 saturated carbocycles. The van der Waals surface area contributed by atoms with E-state index in [4.69, 9.17) is 14.6 Å². The van der Waals surface area contributed by atoms with Crippen LogP contribution in [0.15, 0.2) is 72.8 Å². The highest BCUT2D eigenvalue weighted by Crippen LogP contribution is 2.44. The zero-order chi connectivity index (χ0) is 23.2. The first-order valence-electron chi connectivity index (χ1n) is 10.3. The van der Waals surface area contributed by atoms with Crippen LogP contribution in [0.1, 0.15) is 17.0 Å². The van der Waals surface area contributed by atoms with Gasteiger partial charge < -0.3 is 25.2 Å². The van der Waals surface area contributed by atoms with E-state index in [1.54, 1.807) is 12.1 Å². The first-order valence-corrected chi connectivity index (χ1v) is 10.3. The molecule has 0 radical (unpaired) electrons. The quantitative estimate of drug-likeness (QED) is 0.487. The van der Waals surface area contributed by atoms with E-state index in [0.717, 1.165) is 22.3 Å². The second kappa shape index (κ2) is 9.86. The molecule has 0 bridgehead atoms. The molecule has 2 amide bonds. The highest BCUT2D eigenvalue weighted by Gasteiger charge is 2.29. The molecule has 4 rings (SSSR count). The van der Waals surface area contributed by atoms with Gasteiger partial charge in [0.2, 0.25) is 5.91 Å². The Kier molecular flexibility index (Phi) is 6.54. The van der Waals surface area contributed by atoms with Gasteiger partial charge in [-0.15, -0.1) is 0 Å². The van der Waals surface area contributed by atoms with Gasteiger partial charge in [0.25, 0.3) is 0 Å². The summed E-state index contributed by atoms with van der Waals surface area (Å²) in [6.45, 7) is -0.539. The van der Waals surface area contributed by atoms with Crippen molar-refractivity contribution in [3.05, 3.63) is 83.9 Å². The van der Waals surface area contributed by atoms with Gasteiger partial charge in [0, 0.05) is 11.6 Å². The van der Waals surface area contributed by atoms with Crippen LogP contribution in [0, 0.1) is 0 Å². The maximum Gasteiger partial charge on any atom is 0.407 e. The fraction of sp³-hybridized carbons (Fsp3) is 0.160. The van der Waals surface area contributed by atoms with Crippen molar-refractivity contribution in [1.29, 1.82) is 0 Å². The third kappa shape index (κ3) is 5.30. The fourth-order valence-electron chi connectivity index (χ4n) is 3.79. The predicted octanol–water partition coefficient (Wildman–Crippen LogP) is 3.63. The Bertz CT molecular complexity index is 1130. The molecule has 0 fully saturated rings. The summed E-state index contributed by atoms with van der Waals surface area (Å²) < 4.78 is 10.4. The molecule has 1 aliphatic carbocycles. The molecule has 0 unspecified atom stereocenters. The third-order valence-corrected chi connectivity index (χ3v) is 5.24. The number of benzene rings is 3. The number of anilines is 1. The van der Waals surface area contributed by atoms with Crippen molar-refractivity contribution in [2.24, 2.45) is 0 Å². The van der Waals surface area contributed by atoms with E-state index in [1.165, 1.54) is 12.1 Å². The zero-order valence-electron chi connectivity index (χ0n) is 17.6. The van der Waals surface area contributed by atoms with Gasteiger partial charge in [-0.25, -0.2) is 9.59 Å². The van der Waals surface area contributed by atoms with Gasteiger partial charge in [0.15, 0.2) is 6.61 Å². The summed E-state index contributed by atoms with van der Waals surface area (Å²) in [6, 6.07) is 22.3. The number of ether oxygens (including phenoxy) is 2. The van der Waals surface area contributed by atoms with Gasteiger partial charge in [-0.1, -0.05) is 48.5 Å². The highest BCUT2D eigenvalue weighted by atomic mass is 16.5. The number of alkyl carbamates (subject to hydrolysis) is 1. The van der Waals surface area contributed by atoms with Crippen LogP contribution < -0.4 is 15.4 Å². The largest absolute Gasteiger partial charge is 0.482 e. The van der Waals surface area contributed by atoms with Crippen LogP contribution in [-0.2, 0) is 14.3 Å². The normalized spacial score (nSPS) is 11.8. The number of aliphatic carboxylic acids is 1. The lowest BCUT2D eigenvalue weighted by atomic mass is 9.98. The summed E-state index contributed by atoms with van der Waals surface area (Å²) in [5, 5.41) is 13.7. The Balaban J connectivity index is 1.25. The number of hydrogen-bond donors (Lipinski definition) is 3. The van der Waals surface area contributed by atoms with Crippen molar-refractivity contribution in [3.63, 3.8) is 0 Å². The smallest absolute Gasteiger partial charge is 0.407 e. The van der Waals surface area contributed by atoms with Crippen molar-refractivity contribution in [1.82, 2.24) is 5.32 Å². The first-order chi connectivity index (χ1) is 16.0. The number of carbonyl (C=O) groups excluding carboxylic acids is 2. The molecule has 0 spiro atoms. The highest BCUT2D eigenvalue weighted by molar-refractivity contribution is 5.93. The number of carboxylic acids is 1. The summed E-state index contributed by atoms with van der Waals surface area (Å²) >= 11 is 0. The van der Waals surface area contributed by atoms with Crippen LogP contribution >= 0.6 is 0 Å². The minimum Gasteiger partial charge on any atom is -0.482 e. The molecule has 8 nitrogen and oxygen atoms in total. The number of carboxylic acid groups (broad SMARTS) is 1. The lowest BCUT2D eigenvalue weighted by molar-refractivity contribution is -0.139. The Morgan fingerprint density at radius 3 is 2.06 bits per heavy atom. The van der Waals surface area contributed by atoms with Gasteiger partial charge in [0.1, 0.15) is 18.9 Å². The minimum absolute atomic E-state index is 0.0566. The number of hydrogen-bond acceptors (Lipinski definition) is 5. The molecule has 0 aliphatic heterocycles. The molecule has 3 N–H and O–H groups in total. The monoisotopic (exact) mass is 446 g/mol. The standard InChI is InChI=1S/C25H22N2O6/c28-23(27-16-9-11-17(12-10-16)32-15-24(29)30)13-26-25(31)33-14-22-20-7-3-1-5-18(20)19-6-2-4-8-21(19)22/h1-12,22H,13-15H2,(H,26,31)(H,27,28)(H,29,30). The Morgan fingerprint density at radius 2 is 1.45 bits per heavy atom. The Hall–Kier alpha value is -4.33. The minimum atomic E-state index is -1.08. The van der Waals surface area contributed by atoms with Crippen LogP contribution in [0.25, 0.3) is 11.1 Å². The summed E-state index contributed by atoms with van der Waals surface area (Å²) in [5.74, 6) is -1.19. The molecular weight excluding hydrogens is 424 g/mol. The number of nitrogens with one attached hydrogen (secondary N) is 2. The van der Waals surface area contributed by atoms with Crippen LogP contribution in [0.5, 0.6) is 5.75 Å². The number of fused-ring (bicyclic) bond motifs is 3. The van der Waals surface area contributed by atoms with Crippen molar-refractivity contribution in [2.45, 2.75) is 5.92 Å². The summed E-state index contributed by atoms with van der Waals surface area (Å²) in [6.07, 6.45) is -0.676. The molecule has 0 atom stereocenters. The molecule has 33 heavy (non-hydrogen) atoms. The van der Waals surface area contributed by atoms with E-state index in [0.29, 0.717) is 11.4 Å². The number of carbonyl (C=O) groups is 3. The topological polar surface area (TPSA) is 114 Å². The molecule has 0 heterocycles. The predicted molar refractivity (Wildman–Crippen MR) is 121 cm³/mol. The first kappa shape index (κ1) is 21.9. The van der Waals surface area contributed by atoms with Crippen LogP contribution in [-0.4, -0.2) is 42.8 Å². The molecule has 3 aromatic rings. The van der Waals surface area contributed by atoms with Crippen molar-refractivity contribution >= 4 is 23.7 Å². The van der Waals surface area contributed by atoms with Gasteiger partial charge in [-0.2, -0.15) is 0 Å². The van der Waals surface area contributed by atoms with Crippen LogP contribution in [0.2, 0.25) is 0 Å². The summed E-state index contributed by atoms with van der Waals surface area (Å²) in [5.41, 5.74) is 4.98. The van der Waals surface area contributed by atoms with Crippen LogP contribution in [0.4, 0.5) is 10.5 Å². The van der Waals surface area contributed by atoms with Crippen LogP contribution in [0.3, 0.4) is 0 Å². The molecule has 8 heteroatoms. The van der Waals surface area contributed by atoms with Gasteiger partial charge >= 0.3 is 12.1 Å². The van der Waals surface area contributed by atoms with Gasteiger partial charge in [0.05, 0.1) is 0 Å². The molecule has 168 valence electrons. The van der Waals surface area contributed by atoms with E-state index < -0.39 is 24.6 Å². The number of amides is 2. The summed E-state index contributed by atoms with van der Waals surface area (Å²) in [7, 11) is 0. The lowest BCUT2D eigenvalue weighted by Gasteiger charge is -2.14. The van der Waals surface area contributed by atoms with E-state index in [9.17, 15) is 14.4 Å². The molecule has 0 saturated heterocycles. The van der Waals surface area contributed by atoms with E-state index in [2.05, 4.69) is 22.8 Å². The molecule has 3 aromatic carbocycles. The van der Waals surface area contributed by atoms with Gasteiger partial charge in [-0.3, -0.25) is 4.79 Å².